The second-order valence-corrected chi connectivity index (χ2v) is 12.4. The van der Waals surface area contributed by atoms with Crippen molar-refractivity contribution in [2.45, 2.75) is 45.5 Å². The van der Waals surface area contributed by atoms with E-state index < -0.39 is 8.24 Å². The fourth-order valence-electron chi connectivity index (χ4n) is 1.33. The zero-order valence-corrected chi connectivity index (χ0v) is 13.3. The van der Waals surface area contributed by atoms with Gasteiger partial charge in [-0.15, -0.1) is 0 Å². The molecule has 0 atom stereocenters. The Balaban J connectivity index is 3.64. The Kier molecular flexibility index (Phi) is 6.65. The van der Waals surface area contributed by atoms with E-state index in [0.29, 0.717) is 0 Å². The molecule has 0 aliphatic carbocycles. The Labute approximate surface area is 93.5 Å². The van der Waals surface area contributed by atoms with E-state index in [9.17, 15) is 0 Å². The minimum atomic E-state index is -1.03. The van der Waals surface area contributed by atoms with Crippen molar-refractivity contribution in [2.24, 2.45) is 0 Å². The second-order valence-electron chi connectivity index (χ2n) is 5.05. The minimum Gasteiger partial charge on any atom is -0.329 e. The number of hydrogen-bond acceptors (Lipinski definition) is 1. The van der Waals surface area contributed by atoms with Crippen LogP contribution in [-0.2, 0) is 0 Å². The van der Waals surface area contributed by atoms with E-state index >= 15 is 0 Å². The Morgan fingerprint density at radius 1 is 1.36 bits per heavy atom. The van der Waals surface area contributed by atoms with E-state index in [4.69, 9.17) is 0 Å². The largest absolute Gasteiger partial charge is 0.329 e. The Morgan fingerprint density at radius 2 is 1.93 bits per heavy atom. The molecule has 0 rings (SSSR count). The standard InChI is InChI=1S/C11H27NSi2/c1-7-11(2)13-9-8-10-14(5,6)12(3)4/h7H,8-10,13H2,1-6H3. The first-order chi connectivity index (χ1) is 6.40. The molecule has 0 saturated heterocycles. The molecule has 0 aliphatic rings. The second kappa shape index (κ2) is 6.59. The lowest BCUT2D eigenvalue weighted by molar-refractivity contribution is 0.614. The Hall–Kier alpha value is 0.134. The summed E-state index contributed by atoms with van der Waals surface area (Å²) in [5.74, 6) is 0. The van der Waals surface area contributed by atoms with Gasteiger partial charge in [0.2, 0.25) is 0 Å². The first kappa shape index (κ1) is 14.1. The summed E-state index contributed by atoms with van der Waals surface area (Å²) in [6.45, 7) is 9.40. The lowest BCUT2D eigenvalue weighted by atomic mass is 10.6. The van der Waals surface area contributed by atoms with Gasteiger partial charge >= 0.3 is 0 Å². The molecule has 84 valence electrons. The fourth-order valence-corrected chi connectivity index (χ4v) is 4.74. The van der Waals surface area contributed by atoms with Gasteiger partial charge in [-0.3, -0.25) is 0 Å². The van der Waals surface area contributed by atoms with Crippen molar-refractivity contribution < 1.29 is 0 Å². The van der Waals surface area contributed by atoms with Gasteiger partial charge < -0.3 is 4.57 Å². The van der Waals surface area contributed by atoms with Gasteiger partial charge in [-0.05, 0) is 34.0 Å². The highest BCUT2D eigenvalue weighted by molar-refractivity contribution is 6.74. The number of hydrogen-bond donors (Lipinski definition) is 0. The Bertz CT molecular complexity index is 186. The van der Waals surface area contributed by atoms with Crippen LogP contribution in [0.4, 0.5) is 0 Å². The van der Waals surface area contributed by atoms with E-state index in [-0.39, 0.29) is 9.52 Å². The van der Waals surface area contributed by atoms with Crippen LogP contribution in [0, 0.1) is 0 Å². The Morgan fingerprint density at radius 3 is 2.36 bits per heavy atom. The maximum Gasteiger partial charge on any atom is 0.121 e. The summed E-state index contributed by atoms with van der Waals surface area (Å²) in [6.07, 6.45) is 3.75. The predicted octanol–water partition coefficient (Wildman–Crippen LogP) is 2.65. The van der Waals surface area contributed by atoms with E-state index in [1.54, 1.807) is 5.20 Å². The van der Waals surface area contributed by atoms with Crippen molar-refractivity contribution in [1.29, 1.82) is 0 Å². The van der Waals surface area contributed by atoms with Crippen LogP contribution in [0.1, 0.15) is 20.3 Å². The van der Waals surface area contributed by atoms with Gasteiger partial charge in [0, 0.05) is 9.52 Å². The van der Waals surface area contributed by atoms with Gasteiger partial charge in [-0.25, -0.2) is 0 Å². The molecule has 0 unspecified atom stereocenters. The third kappa shape index (κ3) is 5.78. The maximum absolute atomic E-state index is 2.47. The van der Waals surface area contributed by atoms with E-state index in [0.717, 1.165) is 0 Å². The first-order valence-electron chi connectivity index (χ1n) is 5.69. The normalized spacial score (nSPS) is 14.6. The van der Waals surface area contributed by atoms with Crippen LogP contribution in [0.2, 0.25) is 25.2 Å². The molecule has 1 nitrogen and oxygen atoms in total. The average Bonchev–Trinajstić information content (AvgIpc) is 2.11. The molecule has 0 aliphatic heterocycles. The third-order valence-electron chi connectivity index (χ3n) is 3.31. The molecule has 0 radical (unpaired) electrons. The van der Waals surface area contributed by atoms with E-state index in [1.807, 2.05) is 0 Å². The molecule has 0 aromatic rings. The zero-order valence-electron chi connectivity index (χ0n) is 10.9. The number of nitrogens with zero attached hydrogens (tertiary/aromatic N) is 1. The van der Waals surface area contributed by atoms with Gasteiger partial charge in [0.1, 0.15) is 8.24 Å². The van der Waals surface area contributed by atoms with Gasteiger partial charge in [-0.1, -0.05) is 36.8 Å². The monoisotopic (exact) mass is 229 g/mol. The molecule has 0 amide bonds. The molecule has 0 N–H and O–H groups in total. The molecular weight excluding hydrogens is 202 g/mol. The molecular formula is C11H27NSi2. The first-order valence-corrected chi connectivity index (χ1v) is 10.6. The molecule has 0 aromatic heterocycles. The molecule has 0 fully saturated rings. The highest BCUT2D eigenvalue weighted by Gasteiger charge is 2.22. The zero-order chi connectivity index (χ0) is 11.2. The van der Waals surface area contributed by atoms with Crippen LogP contribution in [0.15, 0.2) is 11.3 Å². The molecule has 0 aromatic carbocycles. The average molecular weight is 230 g/mol. The van der Waals surface area contributed by atoms with Gasteiger partial charge in [-0.2, -0.15) is 0 Å². The van der Waals surface area contributed by atoms with Crippen LogP contribution < -0.4 is 0 Å². The lowest BCUT2D eigenvalue weighted by Crippen LogP contribution is -2.43. The van der Waals surface area contributed by atoms with Crippen LogP contribution in [0.5, 0.6) is 0 Å². The van der Waals surface area contributed by atoms with Crippen LogP contribution in [0.25, 0.3) is 0 Å². The maximum atomic E-state index is 2.47. The quantitative estimate of drug-likeness (QED) is 0.500. The van der Waals surface area contributed by atoms with Gasteiger partial charge in [0.15, 0.2) is 0 Å². The van der Waals surface area contributed by atoms with Crippen molar-refractivity contribution in [2.75, 3.05) is 14.1 Å². The molecule has 0 saturated carbocycles. The third-order valence-corrected chi connectivity index (χ3v) is 9.36. The van der Waals surface area contributed by atoms with Crippen LogP contribution in [-0.4, -0.2) is 36.4 Å². The van der Waals surface area contributed by atoms with Crippen molar-refractivity contribution in [1.82, 2.24) is 4.57 Å². The van der Waals surface area contributed by atoms with E-state index in [2.05, 4.69) is 51.7 Å². The highest BCUT2D eigenvalue weighted by Crippen LogP contribution is 2.16. The van der Waals surface area contributed by atoms with Crippen LogP contribution in [0.3, 0.4) is 0 Å². The number of rotatable bonds is 6. The van der Waals surface area contributed by atoms with Crippen molar-refractivity contribution in [3.63, 3.8) is 0 Å². The van der Waals surface area contributed by atoms with Crippen molar-refractivity contribution in [3.05, 3.63) is 11.3 Å². The summed E-state index contributed by atoms with van der Waals surface area (Å²) in [4.78, 5) is 0. The summed E-state index contributed by atoms with van der Waals surface area (Å²) in [5.41, 5.74) is 0. The summed E-state index contributed by atoms with van der Waals surface area (Å²) in [5, 5.41) is 1.68. The molecule has 14 heavy (non-hydrogen) atoms. The summed E-state index contributed by atoms with van der Waals surface area (Å²) >= 11 is 0. The summed E-state index contributed by atoms with van der Waals surface area (Å²) < 4.78 is 2.47. The fraction of sp³-hybridized carbons (Fsp3) is 0.818. The lowest BCUT2D eigenvalue weighted by Gasteiger charge is -2.30. The number of allylic oxidation sites excluding steroid dienone is 2. The summed E-state index contributed by atoms with van der Waals surface area (Å²) in [7, 11) is 3.55. The molecule has 3 heteroatoms. The molecule has 0 spiro atoms. The van der Waals surface area contributed by atoms with Gasteiger partial charge in [0.25, 0.3) is 0 Å². The van der Waals surface area contributed by atoms with Crippen molar-refractivity contribution in [3.8, 4) is 0 Å². The smallest absolute Gasteiger partial charge is 0.121 e. The van der Waals surface area contributed by atoms with E-state index in [1.165, 1.54) is 18.5 Å². The predicted molar refractivity (Wildman–Crippen MR) is 73.4 cm³/mol. The highest BCUT2D eigenvalue weighted by atomic mass is 28.3. The molecule has 0 heterocycles. The topological polar surface area (TPSA) is 3.24 Å². The summed E-state index contributed by atoms with van der Waals surface area (Å²) in [6, 6.07) is 2.96. The molecule has 0 bridgehead atoms. The SMILES string of the molecule is CC=C(C)[SiH2]CCC[Si](C)(C)N(C)C. The minimum absolute atomic E-state index is 0.107. The van der Waals surface area contributed by atoms with Crippen molar-refractivity contribution >= 4 is 17.8 Å². The van der Waals surface area contributed by atoms with Gasteiger partial charge in [0.05, 0.1) is 0 Å². The van der Waals surface area contributed by atoms with Crippen LogP contribution >= 0.6 is 0 Å².